The predicted octanol–water partition coefficient (Wildman–Crippen LogP) is 2.82. The highest BCUT2D eigenvalue weighted by Gasteiger charge is 2.19. The first kappa shape index (κ1) is 10.8. The first-order chi connectivity index (χ1) is 7.33. The first-order valence-corrected chi connectivity index (χ1v) is 5.74. The van der Waals surface area contributed by atoms with Gasteiger partial charge in [0.25, 0.3) is 0 Å². The molecule has 0 bridgehead atoms. The van der Waals surface area contributed by atoms with Crippen molar-refractivity contribution in [3.63, 3.8) is 0 Å². The number of benzene rings is 1. The lowest BCUT2D eigenvalue weighted by Gasteiger charge is -2.24. The molecule has 1 aromatic rings. The number of rotatable bonds is 2. The third-order valence-corrected chi connectivity index (χ3v) is 3.40. The fraction of sp³-hybridized carbons (Fsp3) is 0.500. The Morgan fingerprint density at radius 1 is 1.33 bits per heavy atom. The van der Waals surface area contributed by atoms with E-state index >= 15 is 0 Å². The first-order valence-electron chi connectivity index (χ1n) is 5.36. The van der Waals surface area contributed by atoms with Gasteiger partial charge in [0.1, 0.15) is 5.75 Å². The Labute approximate surface area is 95.6 Å². The SMILES string of the molecule is COc1cccc(C2CCNCC2)c1Cl. The highest BCUT2D eigenvalue weighted by Crippen LogP contribution is 2.36. The monoisotopic (exact) mass is 225 g/mol. The number of nitrogens with one attached hydrogen (secondary N) is 1. The van der Waals surface area contributed by atoms with Gasteiger partial charge in [-0.2, -0.15) is 0 Å². The van der Waals surface area contributed by atoms with E-state index in [1.54, 1.807) is 7.11 Å². The Bertz CT molecular complexity index is 334. The van der Waals surface area contributed by atoms with Crippen molar-refractivity contribution in [1.82, 2.24) is 5.32 Å². The van der Waals surface area contributed by atoms with E-state index in [0.29, 0.717) is 5.92 Å². The van der Waals surface area contributed by atoms with Crippen LogP contribution in [0.2, 0.25) is 5.02 Å². The maximum atomic E-state index is 6.30. The molecule has 0 saturated carbocycles. The van der Waals surface area contributed by atoms with Crippen LogP contribution >= 0.6 is 11.6 Å². The minimum atomic E-state index is 0.578. The van der Waals surface area contributed by atoms with Gasteiger partial charge >= 0.3 is 0 Å². The summed E-state index contributed by atoms with van der Waals surface area (Å²) < 4.78 is 5.23. The Kier molecular flexibility index (Phi) is 3.49. The molecular weight excluding hydrogens is 210 g/mol. The van der Waals surface area contributed by atoms with Gasteiger partial charge in [-0.15, -0.1) is 0 Å². The van der Waals surface area contributed by atoms with Gasteiger partial charge in [-0.25, -0.2) is 0 Å². The second kappa shape index (κ2) is 4.86. The summed E-state index contributed by atoms with van der Waals surface area (Å²) in [5.41, 5.74) is 1.23. The lowest BCUT2D eigenvalue weighted by atomic mass is 9.90. The number of piperidine rings is 1. The smallest absolute Gasteiger partial charge is 0.137 e. The summed E-state index contributed by atoms with van der Waals surface area (Å²) in [6, 6.07) is 6.04. The summed E-state index contributed by atoms with van der Waals surface area (Å²) in [5, 5.41) is 4.14. The van der Waals surface area contributed by atoms with Gasteiger partial charge in [-0.05, 0) is 43.5 Å². The van der Waals surface area contributed by atoms with Crippen molar-refractivity contribution in [2.24, 2.45) is 0 Å². The van der Waals surface area contributed by atoms with E-state index in [1.807, 2.05) is 12.1 Å². The van der Waals surface area contributed by atoms with Crippen molar-refractivity contribution >= 4 is 11.6 Å². The maximum absolute atomic E-state index is 6.30. The molecule has 0 spiro atoms. The van der Waals surface area contributed by atoms with Crippen LogP contribution in [0.3, 0.4) is 0 Å². The molecule has 1 aromatic carbocycles. The predicted molar refractivity (Wildman–Crippen MR) is 62.8 cm³/mol. The highest BCUT2D eigenvalue weighted by molar-refractivity contribution is 6.32. The van der Waals surface area contributed by atoms with Crippen molar-refractivity contribution in [2.45, 2.75) is 18.8 Å². The number of hydrogen-bond donors (Lipinski definition) is 1. The van der Waals surface area contributed by atoms with Crippen LogP contribution in [0.4, 0.5) is 0 Å². The maximum Gasteiger partial charge on any atom is 0.137 e. The lowest BCUT2D eigenvalue weighted by Crippen LogP contribution is -2.26. The fourth-order valence-electron chi connectivity index (χ4n) is 2.13. The summed E-state index contributed by atoms with van der Waals surface area (Å²) in [7, 11) is 1.66. The van der Waals surface area contributed by atoms with Gasteiger partial charge in [-0.3, -0.25) is 0 Å². The molecule has 0 unspecified atom stereocenters. The van der Waals surface area contributed by atoms with Gasteiger partial charge in [0, 0.05) is 0 Å². The lowest BCUT2D eigenvalue weighted by molar-refractivity contribution is 0.411. The van der Waals surface area contributed by atoms with E-state index in [4.69, 9.17) is 16.3 Å². The van der Waals surface area contributed by atoms with Crippen molar-refractivity contribution < 1.29 is 4.74 Å². The summed E-state index contributed by atoms with van der Waals surface area (Å²) >= 11 is 6.30. The molecule has 1 fully saturated rings. The molecule has 2 nitrogen and oxygen atoms in total. The fourth-order valence-corrected chi connectivity index (χ4v) is 2.49. The Hall–Kier alpha value is -0.730. The largest absolute Gasteiger partial charge is 0.495 e. The zero-order valence-corrected chi connectivity index (χ0v) is 9.68. The van der Waals surface area contributed by atoms with Crippen LogP contribution in [0.1, 0.15) is 24.3 Å². The van der Waals surface area contributed by atoms with Crippen molar-refractivity contribution in [1.29, 1.82) is 0 Å². The molecule has 1 aliphatic heterocycles. The van der Waals surface area contributed by atoms with E-state index in [-0.39, 0.29) is 0 Å². The van der Waals surface area contributed by atoms with Gasteiger partial charge in [0.15, 0.2) is 0 Å². The molecule has 1 heterocycles. The number of hydrogen-bond acceptors (Lipinski definition) is 2. The van der Waals surface area contributed by atoms with Crippen LogP contribution in [0, 0.1) is 0 Å². The zero-order valence-electron chi connectivity index (χ0n) is 8.92. The third-order valence-electron chi connectivity index (χ3n) is 2.99. The molecule has 0 radical (unpaired) electrons. The third kappa shape index (κ3) is 2.27. The molecule has 15 heavy (non-hydrogen) atoms. The zero-order chi connectivity index (χ0) is 10.7. The molecule has 1 N–H and O–H groups in total. The molecule has 2 rings (SSSR count). The van der Waals surface area contributed by atoms with Gasteiger partial charge in [0.2, 0.25) is 0 Å². The highest BCUT2D eigenvalue weighted by atomic mass is 35.5. The standard InChI is InChI=1S/C12H16ClNO/c1-15-11-4-2-3-10(12(11)13)9-5-7-14-8-6-9/h2-4,9,14H,5-8H2,1H3. The Morgan fingerprint density at radius 3 is 2.73 bits per heavy atom. The van der Waals surface area contributed by atoms with Crippen LogP contribution in [-0.2, 0) is 0 Å². The van der Waals surface area contributed by atoms with Crippen molar-refractivity contribution in [3.05, 3.63) is 28.8 Å². The quantitative estimate of drug-likeness (QED) is 0.836. The number of methoxy groups -OCH3 is 1. The molecule has 1 saturated heterocycles. The summed E-state index contributed by atoms with van der Waals surface area (Å²) in [4.78, 5) is 0. The normalized spacial score (nSPS) is 17.7. The van der Waals surface area contributed by atoms with E-state index < -0.39 is 0 Å². The second-order valence-electron chi connectivity index (χ2n) is 3.89. The van der Waals surface area contributed by atoms with Crippen LogP contribution in [0.25, 0.3) is 0 Å². The van der Waals surface area contributed by atoms with Crippen molar-refractivity contribution in [3.8, 4) is 5.75 Å². The van der Waals surface area contributed by atoms with Crippen LogP contribution in [0.15, 0.2) is 18.2 Å². The molecular formula is C12H16ClNO. The summed E-state index contributed by atoms with van der Waals surface area (Å²) in [5.74, 6) is 1.36. The Morgan fingerprint density at radius 2 is 2.07 bits per heavy atom. The average molecular weight is 226 g/mol. The van der Waals surface area contributed by atoms with Gasteiger partial charge in [-0.1, -0.05) is 23.7 Å². The molecule has 82 valence electrons. The average Bonchev–Trinajstić information content (AvgIpc) is 2.30. The number of halogens is 1. The molecule has 3 heteroatoms. The topological polar surface area (TPSA) is 21.3 Å². The van der Waals surface area contributed by atoms with Crippen LogP contribution in [-0.4, -0.2) is 20.2 Å². The molecule has 0 atom stereocenters. The molecule has 0 amide bonds. The minimum Gasteiger partial charge on any atom is -0.495 e. The summed E-state index contributed by atoms with van der Waals surface area (Å²) in [6.45, 7) is 2.16. The van der Waals surface area contributed by atoms with Gasteiger partial charge < -0.3 is 10.1 Å². The van der Waals surface area contributed by atoms with E-state index in [1.165, 1.54) is 5.56 Å². The van der Waals surface area contributed by atoms with Crippen LogP contribution in [0.5, 0.6) is 5.75 Å². The van der Waals surface area contributed by atoms with E-state index in [2.05, 4.69) is 11.4 Å². The van der Waals surface area contributed by atoms with E-state index in [9.17, 15) is 0 Å². The van der Waals surface area contributed by atoms with E-state index in [0.717, 1.165) is 36.7 Å². The second-order valence-corrected chi connectivity index (χ2v) is 4.27. The number of ether oxygens (including phenoxy) is 1. The minimum absolute atomic E-state index is 0.578. The summed E-state index contributed by atoms with van der Waals surface area (Å²) in [6.07, 6.45) is 2.32. The van der Waals surface area contributed by atoms with Crippen molar-refractivity contribution in [2.75, 3.05) is 20.2 Å². The molecule has 1 aliphatic rings. The van der Waals surface area contributed by atoms with Gasteiger partial charge in [0.05, 0.1) is 12.1 Å². The molecule has 0 aromatic heterocycles. The molecule has 0 aliphatic carbocycles. The Balaban J connectivity index is 2.26. The van der Waals surface area contributed by atoms with Crippen LogP contribution < -0.4 is 10.1 Å².